The molecule has 0 spiro atoms. The molecule has 1 aromatic heterocycles. The molecule has 2 aromatic carbocycles. The number of carbonyl (C=O) groups is 1. The van der Waals surface area contributed by atoms with Crippen molar-refractivity contribution < 1.29 is 14.7 Å². The van der Waals surface area contributed by atoms with Crippen LogP contribution in [0.1, 0.15) is 18.1 Å². The fraction of sp³-hybridized carbons (Fsp3) is 0.150. The summed E-state index contributed by atoms with van der Waals surface area (Å²) in [6, 6.07) is 10.4. The van der Waals surface area contributed by atoms with Crippen LogP contribution >= 0.6 is 46.4 Å². The van der Waals surface area contributed by atoms with E-state index < -0.39 is 5.97 Å². The van der Waals surface area contributed by atoms with Gasteiger partial charge in [-0.25, -0.2) is 4.98 Å². The van der Waals surface area contributed by atoms with Crippen molar-refractivity contribution in [1.82, 2.24) is 9.55 Å². The Morgan fingerprint density at radius 2 is 1.73 bits per heavy atom. The second kappa shape index (κ2) is 11.8. The maximum absolute atomic E-state index is 9.00. The summed E-state index contributed by atoms with van der Waals surface area (Å²) in [6.45, 7) is 1.73. The van der Waals surface area contributed by atoms with E-state index in [1.165, 1.54) is 0 Å². The molecule has 3 rings (SSSR count). The molecule has 0 aliphatic carbocycles. The topological polar surface area (TPSA) is 76.7 Å². The number of oxime groups is 1. The van der Waals surface area contributed by atoms with Crippen molar-refractivity contribution in [1.29, 1.82) is 0 Å². The highest BCUT2D eigenvalue weighted by Crippen LogP contribution is 2.24. The molecule has 3 aromatic rings. The van der Waals surface area contributed by atoms with Gasteiger partial charge in [0.25, 0.3) is 5.97 Å². The van der Waals surface area contributed by atoms with Crippen molar-refractivity contribution in [3.05, 3.63) is 86.3 Å². The third kappa shape index (κ3) is 7.88. The molecule has 158 valence electrons. The molecule has 0 unspecified atom stereocenters. The number of carboxylic acids is 1. The van der Waals surface area contributed by atoms with Crippen LogP contribution in [0.15, 0.2) is 60.3 Å². The summed E-state index contributed by atoms with van der Waals surface area (Å²) in [5.41, 5.74) is 2.14. The lowest BCUT2D eigenvalue weighted by atomic mass is 10.1. The molecule has 10 heteroatoms. The van der Waals surface area contributed by atoms with Crippen LogP contribution < -0.4 is 0 Å². The normalized spacial score (nSPS) is 10.9. The van der Waals surface area contributed by atoms with Gasteiger partial charge < -0.3 is 14.5 Å². The van der Waals surface area contributed by atoms with Crippen LogP contribution in [0.25, 0.3) is 0 Å². The molecule has 0 saturated carbocycles. The first-order valence-electron chi connectivity index (χ1n) is 8.49. The summed E-state index contributed by atoms with van der Waals surface area (Å²) < 4.78 is 1.86. The summed E-state index contributed by atoms with van der Waals surface area (Å²) in [5, 5.41) is 13.8. The van der Waals surface area contributed by atoms with Crippen LogP contribution in [0.2, 0.25) is 20.1 Å². The average Bonchev–Trinajstić information content (AvgIpc) is 3.15. The summed E-state index contributed by atoms with van der Waals surface area (Å²) in [7, 11) is 0. The number of benzene rings is 2. The maximum Gasteiger partial charge on any atom is 0.300 e. The van der Waals surface area contributed by atoms with Gasteiger partial charge in [-0.2, -0.15) is 0 Å². The van der Waals surface area contributed by atoms with Crippen LogP contribution in [0, 0.1) is 0 Å². The molecule has 0 bridgehead atoms. The van der Waals surface area contributed by atoms with Crippen LogP contribution in [0.3, 0.4) is 0 Å². The average molecular weight is 489 g/mol. The van der Waals surface area contributed by atoms with E-state index >= 15 is 0 Å². The van der Waals surface area contributed by atoms with Gasteiger partial charge in [0, 0.05) is 45.5 Å². The number of hydrogen-bond acceptors (Lipinski definition) is 4. The monoisotopic (exact) mass is 487 g/mol. The van der Waals surface area contributed by atoms with Gasteiger partial charge in [-0.05, 0) is 30.3 Å². The number of aliphatic carboxylic acids is 1. The van der Waals surface area contributed by atoms with Gasteiger partial charge in [0.15, 0.2) is 0 Å². The fourth-order valence-electron chi connectivity index (χ4n) is 2.26. The zero-order valence-corrected chi connectivity index (χ0v) is 18.8. The Bertz CT molecular complexity index is 1020. The van der Waals surface area contributed by atoms with Gasteiger partial charge in [-0.15, -0.1) is 0 Å². The molecule has 6 nitrogen and oxygen atoms in total. The standard InChI is InChI=1S/C18H13Cl4N3O.C2H4O2/c19-13-2-1-12(16(21)7-13)10-26-24-18(9-25-6-5-23-11-25)15-4-3-14(20)8-17(15)22;1-2(3)4/h1-8,11H,9-10H2;1H3,(H,3,4). The predicted molar refractivity (Wildman–Crippen MR) is 120 cm³/mol. The van der Waals surface area contributed by atoms with Gasteiger partial charge >= 0.3 is 0 Å². The molecule has 0 aliphatic heterocycles. The minimum Gasteiger partial charge on any atom is -0.481 e. The van der Waals surface area contributed by atoms with E-state index in [0.717, 1.165) is 18.1 Å². The third-order valence-corrected chi connectivity index (χ3v) is 4.68. The second-order valence-corrected chi connectivity index (χ2v) is 7.61. The second-order valence-electron chi connectivity index (χ2n) is 5.93. The van der Waals surface area contributed by atoms with Crippen molar-refractivity contribution in [2.75, 3.05) is 0 Å². The molecule has 0 saturated heterocycles. The molecule has 0 atom stereocenters. The molecule has 30 heavy (non-hydrogen) atoms. The lowest BCUT2D eigenvalue weighted by molar-refractivity contribution is -0.134. The molecule has 1 N–H and O–H groups in total. The summed E-state index contributed by atoms with van der Waals surface area (Å²) in [6.07, 6.45) is 5.21. The molecule has 0 fully saturated rings. The first kappa shape index (κ1) is 24.0. The minimum atomic E-state index is -0.833. The first-order valence-corrected chi connectivity index (χ1v) is 10.0. The molecular weight excluding hydrogens is 472 g/mol. The van der Waals surface area contributed by atoms with Gasteiger partial charge in [0.05, 0.1) is 17.9 Å². The number of aromatic nitrogens is 2. The number of carboxylic acid groups (broad SMARTS) is 1. The Labute approximate surface area is 193 Å². The zero-order valence-electron chi connectivity index (χ0n) is 15.7. The number of rotatable bonds is 6. The zero-order chi connectivity index (χ0) is 22.1. The van der Waals surface area contributed by atoms with Crippen LogP contribution in [-0.2, 0) is 22.8 Å². The maximum atomic E-state index is 9.00. The van der Waals surface area contributed by atoms with Gasteiger partial charge in [-0.1, -0.05) is 57.6 Å². The highest BCUT2D eigenvalue weighted by atomic mass is 35.5. The van der Waals surface area contributed by atoms with Crippen molar-refractivity contribution in [2.24, 2.45) is 5.16 Å². The first-order chi connectivity index (χ1) is 14.3. The SMILES string of the molecule is CC(=O)O.Clc1ccc(CON=C(Cn2ccnc2)c2ccc(Cl)cc2Cl)c(Cl)c1. The Morgan fingerprint density at radius 3 is 2.30 bits per heavy atom. The van der Waals surface area contributed by atoms with Crippen LogP contribution in [0.5, 0.6) is 0 Å². The molecule has 1 heterocycles. The Balaban J connectivity index is 0.000000735. The van der Waals surface area contributed by atoms with Crippen molar-refractivity contribution in [2.45, 2.75) is 20.1 Å². The lowest BCUT2D eigenvalue weighted by Crippen LogP contribution is -2.12. The number of imidazole rings is 1. The van der Waals surface area contributed by atoms with E-state index in [2.05, 4.69) is 10.1 Å². The number of hydrogen-bond donors (Lipinski definition) is 1. The van der Waals surface area contributed by atoms with E-state index in [9.17, 15) is 0 Å². The Morgan fingerprint density at radius 1 is 1.10 bits per heavy atom. The van der Waals surface area contributed by atoms with E-state index in [-0.39, 0.29) is 6.61 Å². The summed E-state index contributed by atoms with van der Waals surface area (Å²) in [4.78, 5) is 18.6. The van der Waals surface area contributed by atoms with Crippen molar-refractivity contribution >= 4 is 58.1 Å². The fourth-order valence-corrected chi connectivity index (χ4v) is 3.24. The summed E-state index contributed by atoms with van der Waals surface area (Å²) >= 11 is 24.4. The predicted octanol–water partition coefficient (Wildman–Crippen LogP) is 6.21. The van der Waals surface area contributed by atoms with Gasteiger partial charge in [0.1, 0.15) is 12.3 Å². The smallest absolute Gasteiger partial charge is 0.300 e. The van der Waals surface area contributed by atoms with E-state index in [1.807, 2.05) is 10.8 Å². The van der Waals surface area contributed by atoms with Crippen LogP contribution in [-0.4, -0.2) is 26.3 Å². The van der Waals surface area contributed by atoms with Gasteiger partial charge in [-0.3, -0.25) is 4.79 Å². The molecule has 0 amide bonds. The quantitative estimate of drug-likeness (QED) is 0.330. The number of halogens is 4. The van der Waals surface area contributed by atoms with Gasteiger partial charge in [0.2, 0.25) is 0 Å². The lowest BCUT2D eigenvalue weighted by Gasteiger charge is -2.10. The van der Waals surface area contributed by atoms with E-state index in [4.69, 9.17) is 61.1 Å². The van der Waals surface area contributed by atoms with E-state index in [0.29, 0.717) is 32.3 Å². The Hall–Kier alpha value is -2.25. The molecular formula is C20H17Cl4N3O3. The van der Waals surface area contributed by atoms with Crippen LogP contribution in [0.4, 0.5) is 0 Å². The van der Waals surface area contributed by atoms with Crippen molar-refractivity contribution in [3.63, 3.8) is 0 Å². The van der Waals surface area contributed by atoms with E-state index in [1.54, 1.807) is 48.9 Å². The molecule has 0 radical (unpaired) electrons. The minimum absolute atomic E-state index is 0.203. The summed E-state index contributed by atoms with van der Waals surface area (Å²) in [5.74, 6) is -0.833. The molecule has 0 aliphatic rings. The highest BCUT2D eigenvalue weighted by molar-refractivity contribution is 6.37. The number of nitrogens with zero attached hydrogens (tertiary/aromatic N) is 3. The third-order valence-electron chi connectivity index (χ3n) is 3.54. The Kier molecular flexibility index (Phi) is 9.46. The largest absolute Gasteiger partial charge is 0.481 e. The highest BCUT2D eigenvalue weighted by Gasteiger charge is 2.11. The van der Waals surface area contributed by atoms with Crippen molar-refractivity contribution in [3.8, 4) is 0 Å².